The monoisotopic (exact) mass is 491 g/mol. The summed E-state index contributed by atoms with van der Waals surface area (Å²) >= 11 is 0. The quantitative estimate of drug-likeness (QED) is 0.276. The fourth-order valence-corrected chi connectivity index (χ4v) is 6.26. The van der Waals surface area contributed by atoms with Crippen LogP contribution in [0.5, 0.6) is 0 Å². The molecular weight excluding hydrogens is 454 g/mol. The van der Waals surface area contributed by atoms with Crippen LogP contribution < -0.4 is 0 Å². The van der Waals surface area contributed by atoms with Gasteiger partial charge in [-0.3, -0.25) is 14.9 Å². The summed E-state index contributed by atoms with van der Waals surface area (Å²) in [5.41, 5.74) is 5.03. The molecule has 6 nitrogen and oxygen atoms in total. The van der Waals surface area contributed by atoms with Gasteiger partial charge in [-0.25, -0.2) is 4.79 Å². The third kappa shape index (κ3) is 4.46. The van der Waals surface area contributed by atoms with Crippen molar-refractivity contribution in [2.75, 3.05) is 13.7 Å². The van der Waals surface area contributed by atoms with Crippen molar-refractivity contribution in [1.82, 2.24) is 0 Å². The number of ether oxygens (including phenoxy) is 1. The fraction of sp³-hybridized carbons (Fsp3) is 0.533. The first-order valence-corrected chi connectivity index (χ1v) is 12.7. The van der Waals surface area contributed by atoms with Gasteiger partial charge in [0.15, 0.2) is 5.78 Å². The normalized spacial score (nSPS) is 22.2. The molecule has 192 valence electrons. The number of benzene rings is 2. The highest BCUT2D eigenvalue weighted by molar-refractivity contribution is 6.02. The average molecular weight is 492 g/mol. The molecule has 2 atom stereocenters. The second-order valence-electron chi connectivity index (χ2n) is 12.5. The van der Waals surface area contributed by atoms with Crippen LogP contribution in [0.15, 0.2) is 36.4 Å². The smallest absolute Gasteiger partial charge is 0.337 e. The Morgan fingerprint density at radius 2 is 1.53 bits per heavy atom. The number of rotatable bonds is 5. The molecule has 0 N–H and O–H groups in total. The van der Waals surface area contributed by atoms with Crippen molar-refractivity contribution in [3.05, 3.63) is 79.9 Å². The van der Waals surface area contributed by atoms with E-state index in [2.05, 4.69) is 53.7 Å². The average Bonchev–Trinajstić information content (AvgIpc) is 2.82. The maximum absolute atomic E-state index is 14.1. The van der Waals surface area contributed by atoms with Crippen LogP contribution in [0.1, 0.15) is 110 Å². The van der Waals surface area contributed by atoms with Crippen LogP contribution in [0.2, 0.25) is 0 Å². The molecule has 0 saturated heterocycles. The lowest BCUT2D eigenvalue weighted by molar-refractivity contribution is -0.484. The standard InChI is InChI=1S/C30H37NO5/c1-28(2)12-13-29(3,4)25-15-23-20(14-24(25)28)26(32)21(16-30(23,5)6)22(17-31(34)35)18-8-10-19(11-9-18)27(33)36-7/h8-11,14-15,21-22H,12-13,16-17H2,1-7H3. The van der Waals surface area contributed by atoms with E-state index in [4.69, 9.17) is 4.74 Å². The molecule has 0 aromatic heterocycles. The van der Waals surface area contributed by atoms with Crippen LogP contribution in [0.4, 0.5) is 0 Å². The number of esters is 1. The number of fused-ring (bicyclic) bond motifs is 2. The molecule has 2 aliphatic rings. The predicted molar refractivity (Wildman–Crippen MR) is 140 cm³/mol. The van der Waals surface area contributed by atoms with E-state index < -0.39 is 17.8 Å². The van der Waals surface area contributed by atoms with E-state index in [1.165, 1.54) is 18.2 Å². The lowest BCUT2D eigenvalue weighted by atomic mass is 9.58. The van der Waals surface area contributed by atoms with Gasteiger partial charge in [0.1, 0.15) is 0 Å². The molecule has 0 spiro atoms. The zero-order valence-electron chi connectivity index (χ0n) is 22.4. The van der Waals surface area contributed by atoms with Crippen molar-refractivity contribution in [2.45, 2.75) is 83.0 Å². The Bertz CT molecular complexity index is 1220. The van der Waals surface area contributed by atoms with E-state index in [9.17, 15) is 19.7 Å². The van der Waals surface area contributed by atoms with E-state index in [0.29, 0.717) is 23.1 Å². The van der Waals surface area contributed by atoms with Gasteiger partial charge < -0.3 is 4.74 Å². The SMILES string of the molecule is COC(=O)c1ccc(C(C[N+](=O)[O-])C2CC(C)(C)c3cc4c(cc3C2=O)C(C)(C)CCC4(C)C)cc1. The van der Waals surface area contributed by atoms with E-state index in [1.54, 1.807) is 24.3 Å². The van der Waals surface area contributed by atoms with Crippen LogP contribution in [0, 0.1) is 16.0 Å². The zero-order valence-corrected chi connectivity index (χ0v) is 22.4. The van der Waals surface area contributed by atoms with E-state index in [1.807, 2.05) is 0 Å². The minimum atomic E-state index is -0.591. The highest BCUT2D eigenvalue weighted by Crippen LogP contribution is 2.51. The maximum atomic E-state index is 14.1. The molecule has 0 heterocycles. The minimum Gasteiger partial charge on any atom is -0.465 e. The predicted octanol–water partition coefficient (Wildman–Crippen LogP) is 6.36. The van der Waals surface area contributed by atoms with Crippen LogP contribution in [0.3, 0.4) is 0 Å². The van der Waals surface area contributed by atoms with Crippen LogP contribution >= 0.6 is 0 Å². The first-order chi connectivity index (χ1) is 16.7. The number of carbonyl (C=O) groups is 2. The summed E-state index contributed by atoms with van der Waals surface area (Å²) in [6.07, 6.45) is 2.66. The molecule has 2 aromatic carbocycles. The van der Waals surface area contributed by atoms with Crippen molar-refractivity contribution in [3.63, 3.8) is 0 Å². The van der Waals surface area contributed by atoms with Crippen LogP contribution in [-0.4, -0.2) is 30.3 Å². The molecule has 2 aliphatic carbocycles. The number of Topliss-reactive ketones (excluding diaryl/α,β-unsaturated/α-hetero) is 1. The Kier molecular flexibility index (Phi) is 6.39. The largest absolute Gasteiger partial charge is 0.465 e. The summed E-state index contributed by atoms with van der Waals surface area (Å²) < 4.78 is 4.78. The molecule has 0 aliphatic heterocycles. The van der Waals surface area contributed by atoms with E-state index in [0.717, 1.165) is 18.4 Å². The molecule has 0 amide bonds. The lowest BCUT2D eigenvalue weighted by Crippen LogP contribution is -2.41. The van der Waals surface area contributed by atoms with E-state index >= 15 is 0 Å². The van der Waals surface area contributed by atoms with Gasteiger partial charge in [-0.05, 0) is 76.0 Å². The van der Waals surface area contributed by atoms with Gasteiger partial charge in [-0.1, -0.05) is 59.7 Å². The van der Waals surface area contributed by atoms with Gasteiger partial charge in [0.05, 0.1) is 18.6 Å². The summed E-state index contributed by atoms with van der Waals surface area (Å²) in [7, 11) is 1.31. The Balaban J connectivity index is 1.82. The number of carbonyl (C=O) groups excluding carboxylic acids is 2. The van der Waals surface area contributed by atoms with Gasteiger partial charge in [-0.15, -0.1) is 0 Å². The third-order valence-electron chi connectivity index (χ3n) is 8.64. The zero-order chi connectivity index (χ0) is 26.6. The maximum Gasteiger partial charge on any atom is 0.337 e. The molecule has 2 aromatic rings. The fourth-order valence-electron chi connectivity index (χ4n) is 6.26. The summed E-state index contributed by atoms with van der Waals surface area (Å²) in [6.45, 7) is 13.0. The highest BCUT2D eigenvalue weighted by Gasteiger charge is 2.46. The van der Waals surface area contributed by atoms with Gasteiger partial charge in [0, 0.05) is 16.4 Å². The van der Waals surface area contributed by atoms with Gasteiger partial charge in [0.25, 0.3) is 0 Å². The summed E-state index contributed by atoms with van der Waals surface area (Å²) in [6, 6.07) is 11.0. The summed E-state index contributed by atoms with van der Waals surface area (Å²) in [5.74, 6) is -1.60. The molecule has 2 unspecified atom stereocenters. The number of methoxy groups -OCH3 is 1. The Morgan fingerprint density at radius 3 is 2.06 bits per heavy atom. The van der Waals surface area contributed by atoms with Crippen molar-refractivity contribution < 1.29 is 19.2 Å². The van der Waals surface area contributed by atoms with Crippen LogP contribution in [0.25, 0.3) is 0 Å². The number of hydrogen-bond acceptors (Lipinski definition) is 5. The third-order valence-corrected chi connectivity index (χ3v) is 8.64. The Labute approximate surface area is 213 Å². The molecule has 6 heteroatoms. The van der Waals surface area contributed by atoms with Crippen molar-refractivity contribution in [3.8, 4) is 0 Å². The first kappa shape index (κ1) is 26.1. The van der Waals surface area contributed by atoms with Crippen LogP contribution in [-0.2, 0) is 21.0 Å². The van der Waals surface area contributed by atoms with Crippen molar-refractivity contribution in [2.24, 2.45) is 5.92 Å². The second kappa shape index (κ2) is 8.82. The van der Waals surface area contributed by atoms with E-state index in [-0.39, 0.29) is 33.5 Å². The Hall–Kier alpha value is -3.02. The second-order valence-corrected chi connectivity index (χ2v) is 12.5. The molecule has 36 heavy (non-hydrogen) atoms. The summed E-state index contributed by atoms with van der Waals surface area (Å²) in [4.78, 5) is 37.4. The molecular formula is C30H37NO5. The highest BCUT2D eigenvalue weighted by atomic mass is 16.6. The Morgan fingerprint density at radius 1 is 0.972 bits per heavy atom. The first-order valence-electron chi connectivity index (χ1n) is 12.7. The summed E-state index contributed by atoms with van der Waals surface area (Å²) in [5, 5.41) is 11.7. The number of hydrogen-bond donors (Lipinski definition) is 0. The molecule has 4 rings (SSSR count). The molecule has 0 bridgehead atoms. The molecule has 0 radical (unpaired) electrons. The van der Waals surface area contributed by atoms with Crippen molar-refractivity contribution >= 4 is 11.8 Å². The molecule has 0 saturated carbocycles. The number of nitro groups is 1. The molecule has 0 fully saturated rings. The lowest BCUT2D eigenvalue weighted by Gasteiger charge is -2.45. The number of nitrogens with zero attached hydrogens (tertiary/aromatic N) is 1. The van der Waals surface area contributed by atoms with Gasteiger partial charge in [0.2, 0.25) is 6.54 Å². The minimum absolute atomic E-state index is 0.0183. The topological polar surface area (TPSA) is 86.5 Å². The number of ketones is 1. The van der Waals surface area contributed by atoms with Crippen molar-refractivity contribution in [1.29, 1.82) is 0 Å². The van der Waals surface area contributed by atoms with Gasteiger partial charge in [-0.2, -0.15) is 0 Å². The van der Waals surface area contributed by atoms with Gasteiger partial charge >= 0.3 is 5.97 Å².